The van der Waals surface area contributed by atoms with E-state index in [-0.39, 0.29) is 13.0 Å². The van der Waals surface area contributed by atoms with E-state index < -0.39 is 36.5 Å². The van der Waals surface area contributed by atoms with E-state index in [1.807, 2.05) is 0 Å². The Kier molecular flexibility index (Phi) is 3.28. The predicted octanol–water partition coefficient (Wildman–Crippen LogP) is 2.21. The van der Waals surface area contributed by atoms with Crippen molar-refractivity contribution < 1.29 is 27.8 Å². The highest BCUT2D eigenvalue weighted by Gasteiger charge is 2.49. The van der Waals surface area contributed by atoms with Gasteiger partial charge >= 0.3 is 12.1 Å². The summed E-state index contributed by atoms with van der Waals surface area (Å²) in [6.45, 7) is 1.73. The third-order valence-corrected chi connectivity index (χ3v) is 2.97. The molecule has 1 N–H and O–H groups in total. The normalized spacial score (nSPS) is 31.9. The van der Waals surface area contributed by atoms with Crippen LogP contribution in [0.2, 0.25) is 0 Å². The molecule has 2 atom stereocenters. The Bertz CT molecular complexity index is 251. The molecule has 0 aromatic carbocycles. The first-order valence-electron chi connectivity index (χ1n) is 4.70. The van der Waals surface area contributed by atoms with Crippen LogP contribution in [0.3, 0.4) is 0 Å². The van der Waals surface area contributed by atoms with Gasteiger partial charge in [0.2, 0.25) is 0 Å². The minimum atomic E-state index is -4.31. The van der Waals surface area contributed by atoms with Gasteiger partial charge in [-0.15, -0.1) is 0 Å². The lowest BCUT2D eigenvalue weighted by atomic mass is 9.77. The molecule has 2 unspecified atom stereocenters. The van der Waals surface area contributed by atoms with Crippen LogP contribution in [0.15, 0.2) is 0 Å². The molecule has 1 heterocycles. The molecule has 6 heteroatoms. The molecule has 1 aliphatic heterocycles. The summed E-state index contributed by atoms with van der Waals surface area (Å²) >= 11 is 0. The fourth-order valence-electron chi connectivity index (χ4n) is 1.86. The second kappa shape index (κ2) is 4.00. The van der Waals surface area contributed by atoms with Crippen molar-refractivity contribution in [1.82, 2.24) is 0 Å². The fraction of sp³-hybridized carbons (Fsp3) is 0.889. The number of carbonyl (C=O) groups is 1. The Balaban J connectivity index is 2.71. The van der Waals surface area contributed by atoms with E-state index >= 15 is 0 Å². The zero-order valence-electron chi connectivity index (χ0n) is 8.30. The molecule has 0 bridgehead atoms. The maximum absolute atomic E-state index is 12.0. The number of halogens is 3. The molecule has 0 radical (unpaired) electrons. The molecule has 0 aromatic rings. The fourth-order valence-corrected chi connectivity index (χ4v) is 1.86. The quantitative estimate of drug-likeness (QED) is 0.802. The van der Waals surface area contributed by atoms with Gasteiger partial charge in [0.15, 0.2) is 0 Å². The van der Waals surface area contributed by atoms with Gasteiger partial charge in [-0.25, -0.2) is 0 Å². The van der Waals surface area contributed by atoms with Crippen LogP contribution in [0.4, 0.5) is 13.2 Å². The van der Waals surface area contributed by atoms with Gasteiger partial charge in [-0.05, 0) is 19.8 Å². The zero-order valence-corrected chi connectivity index (χ0v) is 8.30. The summed E-state index contributed by atoms with van der Waals surface area (Å²) in [5.41, 5.74) is -1.37. The Morgan fingerprint density at radius 1 is 1.60 bits per heavy atom. The molecule has 1 fully saturated rings. The summed E-state index contributed by atoms with van der Waals surface area (Å²) in [7, 11) is 0. The molecule has 88 valence electrons. The molecule has 0 amide bonds. The van der Waals surface area contributed by atoms with Crippen molar-refractivity contribution in [2.75, 3.05) is 6.61 Å². The summed E-state index contributed by atoms with van der Waals surface area (Å²) in [6, 6.07) is 0. The van der Waals surface area contributed by atoms with E-state index in [1.165, 1.54) is 6.92 Å². The van der Waals surface area contributed by atoms with Crippen LogP contribution in [-0.4, -0.2) is 30.0 Å². The van der Waals surface area contributed by atoms with Crippen LogP contribution in [-0.2, 0) is 9.53 Å². The number of hydrogen-bond donors (Lipinski definition) is 1. The van der Waals surface area contributed by atoms with Gasteiger partial charge in [0.1, 0.15) is 0 Å². The minimum Gasteiger partial charge on any atom is -0.481 e. The summed E-state index contributed by atoms with van der Waals surface area (Å²) in [5.74, 6) is -1.20. The van der Waals surface area contributed by atoms with E-state index in [2.05, 4.69) is 0 Å². The van der Waals surface area contributed by atoms with Crippen molar-refractivity contribution in [2.45, 2.75) is 38.5 Å². The van der Waals surface area contributed by atoms with Crippen molar-refractivity contribution in [3.63, 3.8) is 0 Å². The van der Waals surface area contributed by atoms with Gasteiger partial charge in [0.25, 0.3) is 0 Å². The Labute approximate surface area is 85.2 Å². The molecule has 1 rings (SSSR count). The van der Waals surface area contributed by atoms with E-state index in [0.717, 1.165) is 0 Å². The second-order valence-corrected chi connectivity index (χ2v) is 3.84. The van der Waals surface area contributed by atoms with Crippen LogP contribution in [0.5, 0.6) is 0 Å². The Hall–Kier alpha value is -0.780. The van der Waals surface area contributed by atoms with E-state index in [9.17, 15) is 18.0 Å². The van der Waals surface area contributed by atoms with Crippen LogP contribution < -0.4 is 0 Å². The molecular formula is C9H13F3O3. The van der Waals surface area contributed by atoms with Crippen molar-refractivity contribution in [1.29, 1.82) is 0 Å². The first kappa shape index (κ1) is 12.3. The first-order valence-corrected chi connectivity index (χ1v) is 4.70. The average molecular weight is 226 g/mol. The number of hydrogen-bond acceptors (Lipinski definition) is 2. The first-order chi connectivity index (χ1) is 6.78. The molecule has 0 aromatic heterocycles. The van der Waals surface area contributed by atoms with Gasteiger partial charge < -0.3 is 9.84 Å². The van der Waals surface area contributed by atoms with Crippen LogP contribution in [0.1, 0.15) is 26.2 Å². The minimum absolute atomic E-state index is 0.152. The molecule has 0 spiro atoms. The van der Waals surface area contributed by atoms with Crippen molar-refractivity contribution in [3.05, 3.63) is 0 Å². The Morgan fingerprint density at radius 3 is 2.53 bits per heavy atom. The van der Waals surface area contributed by atoms with Crippen LogP contribution >= 0.6 is 0 Å². The summed E-state index contributed by atoms with van der Waals surface area (Å²) < 4.78 is 41.2. The van der Waals surface area contributed by atoms with E-state index in [0.29, 0.717) is 0 Å². The van der Waals surface area contributed by atoms with Gasteiger partial charge in [-0.1, -0.05) is 0 Å². The third-order valence-electron chi connectivity index (χ3n) is 2.97. The van der Waals surface area contributed by atoms with E-state index in [4.69, 9.17) is 9.84 Å². The standard InChI is InChI=1S/C9H13F3O3/c1-6-8(7(13)14,4-5-15-6)2-3-9(10,11)12/h6H,2-5H2,1H3,(H,13,14). The van der Waals surface area contributed by atoms with Gasteiger partial charge in [-0.3, -0.25) is 4.79 Å². The summed E-state index contributed by atoms with van der Waals surface area (Å²) in [4.78, 5) is 11.0. The highest BCUT2D eigenvalue weighted by atomic mass is 19.4. The van der Waals surface area contributed by atoms with Gasteiger partial charge in [-0.2, -0.15) is 13.2 Å². The maximum atomic E-state index is 12.0. The lowest BCUT2D eigenvalue weighted by molar-refractivity contribution is -0.161. The van der Waals surface area contributed by atoms with Crippen molar-refractivity contribution >= 4 is 5.97 Å². The summed E-state index contributed by atoms with van der Waals surface area (Å²) in [6.07, 6.45) is -6.30. The highest BCUT2D eigenvalue weighted by Crippen LogP contribution is 2.41. The molecule has 1 saturated heterocycles. The number of ether oxygens (including phenoxy) is 1. The SMILES string of the molecule is CC1OCCC1(CCC(F)(F)F)C(=O)O. The van der Waals surface area contributed by atoms with E-state index in [1.54, 1.807) is 0 Å². The number of aliphatic carboxylic acids is 1. The molecule has 3 nitrogen and oxygen atoms in total. The largest absolute Gasteiger partial charge is 0.481 e. The Morgan fingerprint density at radius 2 is 2.20 bits per heavy atom. The smallest absolute Gasteiger partial charge is 0.389 e. The predicted molar refractivity (Wildman–Crippen MR) is 45.4 cm³/mol. The molecule has 0 saturated carbocycles. The van der Waals surface area contributed by atoms with Gasteiger partial charge in [0, 0.05) is 13.0 Å². The molecule has 0 aliphatic carbocycles. The monoisotopic (exact) mass is 226 g/mol. The number of alkyl halides is 3. The molecule has 15 heavy (non-hydrogen) atoms. The van der Waals surface area contributed by atoms with Gasteiger partial charge in [0.05, 0.1) is 11.5 Å². The van der Waals surface area contributed by atoms with Crippen molar-refractivity contribution in [3.8, 4) is 0 Å². The highest BCUT2D eigenvalue weighted by molar-refractivity contribution is 5.75. The van der Waals surface area contributed by atoms with Crippen LogP contribution in [0, 0.1) is 5.41 Å². The van der Waals surface area contributed by atoms with Crippen LogP contribution in [0.25, 0.3) is 0 Å². The number of carboxylic acid groups (broad SMARTS) is 1. The zero-order chi connectivity index (χ0) is 11.7. The number of carboxylic acids is 1. The molecule has 1 aliphatic rings. The molecular weight excluding hydrogens is 213 g/mol. The maximum Gasteiger partial charge on any atom is 0.389 e. The lowest BCUT2D eigenvalue weighted by Gasteiger charge is -2.27. The number of rotatable bonds is 3. The lowest BCUT2D eigenvalue weighted by Crippen LogP contribution is -2.38. The second-order valence-electron chi connectivity index (χ2n) is 3.84. The third kappa shape index (κ3) is 2.62. The topological polar surface area (TPSA) is 46.5 Å². The summed E-state index contributed by atoms with van der Waals surface area (Å²) in [5, 5.41) is 8.98. The van der Waals surface area contributed by atoms with Crippen molar-refractivity contribution in [2.24, 2.45) is 5.41 Å². The average Bonchev–Trinajstić information content (AvgIpc) is 2.43.